The molecule has 0 unspecified atom stereocenters. The minimum Gasteiger partial charge on any atom is -0.456 e. The highest BCUT2D eigenvalue weighted by Crippen LogP contribution is 2.44. The van der Waals surface area contributed by atoms with E-state index in [2.05, 4.69) is 121 Å². The van der Waals surface area contributed by atoms with Crippen LogP contribution in [0.3, 0.4) is 0 Å². The third kappa shape index (κ3) is 4.48. The van der Waals surface area contributed by atoms with E-state index in [1.807, 2.05) is 47.7 Å². The summed E-state index contributed by atoms with van der Waals surface area (Å²) in [6.45, 7) is 2.14. The fourth-order valence-corrected chi connectivity index (χ4v) is 8.92. The molecule has 4 nitrogen and oxygen atoms in total. The van der Waals surface area contributed by atoms with Crippen molar-refractivity contribution in [2.45, 2.75) is 6.92 Å². The summed E-state index contributed by atoms with van der Waals surface area (Å²) >= 11 is 1.89. The van der Waals surface area contributed by atoms with Gasteiger partial charge in [-0.3, -0.25) is 5.41 Å². The summed E-state index contributed by atoms with van der Waals surface area (Å²) in [6, 6.07) is 53.3. The maximum Gasteiger partial charge on any atom is 0.138 e. The molecule has 5 heteroatoms. The average molecular weight is 674 g/mol. The standard InChI is InChI=1S/C33H21NS.C13H10N2O/c1-20-10-14-22(15-11-20)34-27-8-4-2-6-25(27)32-24-16-12-21-13-19-30-33(26-7-3-5-9-29(26)35-30)31(21)23(24)17-18-28(32)34;14-9-5-3-7-11-12(9)13(15)8-4-1-2-6-10(8)16-11/h2-19H,1H3;1-7,15H,14H2. The predicted molar refractivity (Wildman–Crippen MR) is 217 cm³/mol. The molecular formula is C46H31N3OS. The van der Waals surface area contributed by atoms with E-state index in [0.717, 1.165) is 5.39 Å². The highest BCUT2D eigenvalue weighted by atomic mass is 32.1. The molecule has 51 heavy (non-hydrogen) atoms. The highest BCUT2D eigenvalue weighted by Gasteiger charge is 2.17. The number of nitrogen functional groups attached to an aromatic ring is 1. The molecule has 0 radical (unpaired) electrons. The zero-order valence-corrected chi connectivity index (χ0v) is 28.6. The van der Waals surface area contributed by atoms with E-state index in [-0.39, 0.29) is 0 Å². The average Bonchev–Trinajstić information content (AvgIpc) is 3.71. The highest BCUT2D eigenvalue weighted by molar-refractivity contribution is 7.26. The lowest BCUT2D eigenvalue weighted by molar-refractivity contribution is 0.659. The van der Waals surface area contributed by atoms with Crippen LogP contribution in [0.5, 0.6) is 0 Å². The van der Waals surface area contributed by atoms with E-state index in [1.54, 1.807) is 6.07 Å². The number of benzene rings is 8. The molecule has 8 aromatic carbocycles. The maximum atomic E-state index is 8.13. The topological polar surface area (TPSA) is 67.9 Å². The molecule has 0 aliphatic heterocycles. The number of hydrogen-bond acceptors (Lipinski definition) is 4. The summed E-state index contributed by atoms with van der Waals surface area (Å²) in [5, 5.41) is 20.7. The smallest absolute Gasteiger partial charge is 0.138 e. The first-order valence-corrected chi connectivity index (χ1v) is 17.9. The van der Waals surface area contributed by atoms with E-state index in [9.17, 15) is 0 Å². The molecule has 3 aromatic heterocycles. The number of thiophene rings is 1. The Bertz CT molecular complexity index is 3240. The third-order valence-electron chi connectivity index (χ3n) is 10.1. The number of aromatic nitrogens is 1. The van der Waals surface area contributed by atoms with Gasteiger partial charge < -0.3 is 14.7 Å². The van der Waals surface area contributed by atoms with E-state index in [0.29, 0.717) is 27.6 Å². The molecule has 11 rings (SSSR count). The van der Waals surface area contributed by atoms with Crippen LogP contribution in [0.4, 0.5) is 5.69 Å². The molecule has 0 saturated heterocycles. The number of rotatable bonds is 1. The van der Waals surface area contributed by atoms with E-state index < -0.39 is 0 Å². The molecule has 3 heterocycles. The Kier molecular flexibility index (Phi) is 6.54. The number of fused-ring (bicyclic) bond motifs is 13. The Hall–Kier alpha value is -6.43. The number of aryl methyl sites for hydroxylation is 1. The Balaban J connectivity index is 0.000000171. The summed E-state index contributed by atoms with van der Waals surface area (Å²) < 4.78 is 10.8. The van der Waals surface area contributed by atoms with Crippen molar-refractivity contribution in [3.63, 3.8) is 0 Å². The SMILES string of the molecule is Cc1ccc(-n2c3ccccc3c3c4ccc5ccc6sc7ccccc7c6c5c4ccc32)cc1.N=c1c2ccccc2oc2cccc(N)c12. The van der Waals surface area contributed by atoms with Crippen molar-refractivity contribution in [1.29, 1.82) is 5.41 Å². The molecule has 0 aliphatic carbocycles. The van der Waals surface area contributed by atoms with Crippen molar-refractivity contribution < 1.29 is 4.42 Å². The van der Waals surface area contributed by atoms with Crippen molar-refractivity contribution in [2.75, 3.05) is 5.73 Å². The molecule has 0 aliphatic rings. The summed E-state index contributed by atoms with van der Waals surface area (Å²) in [5.74, 6) is 0. The van der Waals surface area contributed by atoms with Crippen LogP contribution in [0.15, 0.2) is 156 Å². The minimum absolute atomic E-state index is 0.426. The van der Waals surface area contributed by atoms with Gasteiger partial charge in [0.25, 0.3) is 0 Å². The van der Waals surface area contributed by atoms with Crippen LogP contribution in [0, 0.1) is 12.3 Å². The number of para-hydroxylation sites is 2. The molecular weight excluding hydrogens is 643 g/mol. The predicted octanol–water partition coefficient (Wildman–Crippen LogP) is 12.4. The van der Waals surface area contributed by atoms with Gasteiger partial charge in [-0.1, -0.05) is 96.6 Å². The number of nitrogens with two attached hydrogens (primary N) is 1. The summed E-state index contributed by atoms with van der Waals surface area (Å²) in [5.41, 5.74) is 12.8. The van der Waals surface area contributed by atoms with Gasteiger partial charge in [0.2, 0.25) is 0 Å². The van der Waals surface area contributed by atoms with Crippen molar-refractivity contribution in [1.82, 2.24) is 4.57 Å². The number of nitrogens with zero attached hydrogens (tertiary/aromatic N) is 1. The van der Waals surface area contributed by atoms with Crippen molar-refractivity contribution in [3.8, 4) is 5.69 Å². The zero-order valence-electron chi connectivity index (χ0n) is 27.8. The van der Waals surface area contributed by atoms with Gasteiger partial charge in [0.05, 0.1) is 21.8 Å². The molecule has 11 aromatic rings. The fraction of sp³-hybridized carbons (Fsp3) is 0.0217. The molecule has 3 N–H and O–H groups in total. The van der Waals surface area contributed by atoms with Crippen molar-refractivity contribution >= 4 is 102 Å². The van der Waals surface area contributed by atoms with E-state index in [1.165, 1.54) is 74.8 Å². The van der Waals surface area contributed by atoms with Gasteiger partial charge in [0.1, 0.15) is 11.2 Å². The Morgan fingerprint density at radius 2 is 1.20 bits per heavy atom. The molecule has 0 fully saturated rings. The van der Waals surface area contributed by atoms with E-state index >= 15 is 0 Å². The molecule has 0 spiro atoms. The van der Waals surface area contributed by atoms with Crippen LogP contribution in [0.2, 0.25) is 0 Å². The Morgan fingerprint density at radius 3 is 2.06 bits per heavy atom. The number of anilines is 1. The second kappa shape index (κ2) is 11.3. The maximum absolute atomic E-state index is 8.13. The second-order valence-electron chi connectivity index (χ2n) is 13.1. The van der Waals surface area contributed by atoms with Crippen LogP contribution in [-0.2, 0) is 0 Å². The van der Waals surface area contributed by atoms with Crippen LogP contribution >= 0.6 is 11.3 Å². The van der Waals surface area contributed by atoms with Crippen molar-refractivity contribution in [2.24, 2.45) is 0 Å². The van der Waals surface area contributed by atoms with Crippen LogP contribution in [0.1, 0.15) is 5.56 Å². The summed E-state index contributed by atoms with van der Waals surface area (Å²) in [7, 11) is 0. The second-order valence-corrected chi connectivity index (χ2v) is 14.2. The van der Waals surface area contributed by atoms with Crippen LogP contribution in [0.25, 0.3) is 91.1 Å². The first kappa shape index (κ1) is 29.5. The lowest BCUT2D eigenvalue weighted by Gasteiger charge is -2.10. The van der Waals surface area contributed by atoms with Gasteiger partial charge in [0, 0.05) is 47.7 Å². The summed E-state index contributed by atoms with van der Waals surface area (Å²) in [4.78, 5) is 0. The fourth-order valence-electron chi connectivity index (χ4n) is 7.80. The lowest BCUT2D eigenvalue weighted by atomic mass is 9.95. The zero-order chi connectivity index (χ0) is 34.2. The number of hydrogen-bond donors (Lipinski definition) is 2. The number of nitrogens with one attached hydrogen (secondary N) is 1. The molecule has 0 atom stereocenters. The van der Waals surface area contributed by atoms with Gasteiger partial charge >= 0.3 is 0 Å². The van der Waals surface area contributed by atoms with Crippen molar-refractivity contribution in [3.05, 3.63) is 163 Å². The van der Waals surface area contributed by atoms with Gasteiger partial charge in [-0.15, -0.1) is 11.3 Å². The first-order valence-electron chi connectivity index (χ1n) is 17.1. The monoisotopic (exact) mass is 673 g/mol. The third-order valence-corrected chi connectivity index (χ3v) is 11.3. The normalized spacial score (nSPS) is 11.8. The molecule has 0 amide bonds. The van der Waals surface area contributed by atoms with Gasteiger partial charge in [-0.05, 0) is 89.1 Å². The quantitative estimate of drug-likeness (QED) is 0.103. The lowest BCUT2D eigenvalue weighted by Crippen LogP contribution is -2.05. The summed E-state index contributed by atoms with van der Waals surface area (Å²) in [6.07, 6.45) is 0. The molecule has 242 valence electrons. The molecule has 0 bridgehead atoms. The Morgan fingerprint density at radius 1 is 0.510 bits per heavy atom. The minimum atomic E-state index is 0.426. The van der Waals surface area contributed by atoms with Crippen LogP contribution in [-0.4, -0.2) is 4.57 Å². The van der Waals surface area contributed by atoms with Gasteiger partial charge in [-0.25, -0.2) is 0 Å². The van der Waals surface area contributed by atoms with Gasteiger partial charge in [-0.2, -0.15) is 0 Å². The first-order chi connectivity index (χ1) is 25.0. The Labute approximate surface area is 296 Å². The molecule has 0 saturated carbocycles. The van der Waals surface area contributed by atoms with Gasteiger partial charge in [0.15, 0.2) is 0 Å². The largest absolute Gasteiger partial charge is 0.456 e. The van der Waals surface area contributed by atoms with Crippen LogP contribution < -0.4 is 11.1 Å². The van der Waals surface area contributed by atoms with E-state index in [4.69, 9.17) is 15.6 Å².